The lowest BCUT2D eigenvalue weighted by atomic mass is 10.3. The molecule has 2 nitrogen and oxygen atoms in total. The van der Waals surface area contributed by atoms with Gasteiger partial charge in [0.15, 0.2) is 0 Å². The molecule has 0 aromatic heterocycles. The summed E-state index contributed by atoms with van der Waals surface area (Å²) < 4.78 is 0. The van der Waals surface area contributed by atoms with E-state index in [2.05, 4.69) is 30.8 Å². The fraction of sp³-hybridized carbons (Fsp3) is 0.778. The molecule has 0 rings (SSSR count). The van der Waals surface area contributed by atoms with E-state index in [0.29, 0.717) is 0 Å². The first-order valence-corrected chi connectivity index (χ1v) is 4.34. The number of hydrogen-bond donors (Lipinski definition) is 1. The van der Waals surface area contributed by atoms with E-state index in [0.717, 1.165) is 13.1 Å². The van der Waals surface area contributed by atoms with Crippen LogP contribution in [0.3, 0.4) is 0 Å². The van der Waals surface area contributed by atoms with Crippen molar-refractivity contribution in [3.63, 3.8) is 0 Å². The lowest BCUT2D eigenvalue weighted by molar-refractivity contribution is 0.331. The Morgan fingerprint density at radius 2 is 2.18 bits per heavy atom. The standard InChI is InChI=1S/C9H20N2/c1-4-6-8-11(3)9-7-10-5-2/h5,10H,2,4,6-9H2,1,3H3. The normalized spacial score (nSPS) is 10.1. The van der Waals surface area contributed by atoms with Crippen LogP contribution >= 0.6 is 0 Å². The largest absolute Gasteiger partial charge is 0.390 e. The van der Waals surface area contributed by atoms with Gasteiger partial charge in [-0.15, -0.1) is 0 Å². The van der Waals surface area contributed by atoms with Gasteiger partial charge in [-0.25, -0.2) is 0 Å². The molecule has 1 N–H and O–H groups in total. The van der Waals surface area contributed by atoms with Crippen molar-refractivity contribution in [2.45, 2.75) is 19.8 Å². The molecule has 0 aliphatic rings. The molecule has 0 atom stereocenters. The van der Waals surface area contributed by atoms with Gasteiger partial charge in [0.25, 0.3) is 0 Å². The van der Waals surface area contributed by atoms with Crippen LogP contribution in [-0.4, -0.2) is 31.6 Å². The molecule has 0 radical (unpaired) electrons. The maximum atomic E-state index is 3.59. The second-order valence-corrected chi connectivity index (χ2v) is 2.82. The van der Waals surface area contributed by atoms with E-state index in [-0.39, 0.29) is 0 Å². The molecule has 0 aliphatic heterocycles. The Hall–Kier alpha value is -0.500. The van der Waals surface area contributed by atoms with Gasteiger partial charge in [-0.05, 0) is 26.2 Å². The average molecular weight is 156 g/mol. The van der Waals surface area contributed by atoms with Crippen molar-refractivity contribution < 1.29 is 0 Å². The van der Waals surface area contributed by atoms with Crippen LogP contribution in [0.1, 0.15) is 19.8 Å². The fourth-order valence-corrected chi connectivity index (χ4v) is 0.897. The van der Waals surface area contributed by atoms with Crippen molar-refractivity contribution in [3.05, 3.63) is 12.8 Å². The fourth-order valence-electron chi connectivity index (χ4n) is 0.897. The van der Waals surface area contributed by atoms with Crippen LogP contribution in [0.25, 0.3) is 0 Å². The van der Waals surface area contributed by atoms with Crippen molar-refractivity contribution in [1.82, 2.24) is 10.2 Å². The lowest BCUT2D eigenvalue weighted by Gasteiger charge is -2.15. The Bertz CT molecular complexity index is 91.6. The summed E-state index contributed by atoms with van der Waals surface area (Å²) in [5.41, 5.74) is 0. The summed E-state index contributed by atoms with van der Waals surface area (Å²) in [6.45, 7) is 9.12. The van der Waals surface area contributed by atoms with E-state index >= 15 is 0 Å². The van der Waals surface area contributed by atoms with Gasteiger partial charge in [0.05, 0.1) is 0 Å². The molecule has 0 saturated heterocycles. The molecule has 2 heteroatoms. The van der Waals surface area contributed by atoms with Crippen molar-refractivity contribution in [2.75, 3.05) is 26.7 Å². The molecule has 0 aromatic carbocycles. The number of likely N-dealkylation sites (N-methyl/N-ethyl adjacent to an activating group) is 1. The monoisotopic (exact) mass is 156 g/mol. The number of nitrogens with zero attached hydrogens (tertiary/aromatic N) is 1. The average Bonchev–Trinajstić information content (AvgIpc) is 2.01. The zero-order valence-electron chi connectivity index (χ0n) is 7.77. The smallest absolute Gasteiger partial charge is 0.0269 e. The second-order valence-electron chi connectivity index (χ2n) is 2.82. The topological polar surface area (TPSA) is 15.3 Å². The maximum Gasteiger partial charge on any atom is 0.0269 e. The minimum Gasteiger partial charge on any atom is -0.390 e. The summed E-state index contributed by atoms with van der Waals surface area (Å²) in [7, 11) is 2.15. The Kier molecular flexibility index (Phi) is 7.26. The van der Waals surface area contributed by atoms with Crippen LogP contribution in [0.2, 0.25) is 0 Å². The highest BCUT2D eigenvalue weighted by Gasteiger charge is 1.94. The highest BCUT2D eigenvalue weighted by atomic mass is 15.1. The van der Waals surface area contributed by atoms with Crippen LogP contribution in [0.4, 0.5) is 0 Å². The molecular formula is C9H20N2. The van der Waals surface area contributed by atoms with E-state index in [1.165, 1.54) is 19.4 Å². The highest BCUT2D eigenvalue weighted by Crippen LogP contribution is 1.89. The van der Waals surface area contributed by atoms with Gasteiger partial charge in [0.1, 0.15) is 0 Å². The Labute approximate surface area is 70.3 Å². The highest BCUT2D eigenvalue weighted by molar-refractivity contribution is 4.64. The van der Waals surface area contributed by atoms with Crippen molar-refractivity contribution in [3.8, 4) is 0 Å². The molecule has 11 heavy (non-hydrogen) atoms. The van der Waals surface area contributed by atoms with Crippen molar-refractivity contribution in [2.24, 2.45) is 0 Å². The SMILES string of the molecule is C=CNCCN(C)CCCC. The Morgan fingerprint density at radius 3 is 2.73 bits per heavy atom. The van der Waals surface area contributed by atoms with Gasteiger partial charge in [0.2, 0.25) is 0 Å². The lowest BCUT2D eigenvalue weighted by Crippen LogP contribution is -2.27. The summed E-state index contributed by atoms with van der Waals surface area (Å²) in [4.78, 5) is 2.33. The minimum atomic E-state index is 1.00. The molecule has 0 aromatic rings. The second kappa shape index (κ2) is 7.61. The van der Waals surface area contributed by atoms with Gasteiger partial charge in [-0.3, -0.25) is 0 Å². The Balaban J connectivity index is 3.08. The van der Waals surface area contributed by atoms with Gasteiger partial charge >= 0.3 is 0 Å². The molecule has 0 amide bonds. The maximum absolute atomic E-state index is 3.59. The van der Waals surface area contributed by atoms with Gasteiger partial charge < -0.3 is 10.2 Å². The zero-order valence-corrected chi connectivity index (χ0v) is 7.77. The molecular weight excluding hydrogens is 136 g/mol. The summed E-state index contributed by atoms with van der Waals surface area (Å²) in [6, 6.07) is 0. The molecule has 66 valence electrons. The third-order valence-electron chi connectivity index (χ3n) is 1.68. The third kappa shape index (κ3) is 7.40. The molecule has 0 unspecified atom stereocenters. The predicted molar refractivity (Wildman–Crippen MR) is 50.6 cm³/mol. The summed E-state index contributed by atoms with van der Waals surface area (Å²) in [5, 5.41) is 3.08. The predicted octanol–water partition coefficient (Wildman–Crippen LogP) is 1.45. The van der Waals surface area contributed by atoms with E-state index < -0.39 is 0 Å². The molecule has 0 saturated carbocycles. The summed E-state index contributed by atoms with van der Waals surface area (Å²) in [6.07, 6.45) is 4.32. The molecule has 0 bridgehead atoms. The number of nitrogens with one attached hydrogen (secondary N) is 1. The van der Waals surface area contributed by atoms with Crippen molar-refractivity contribution >= 4 is 0 Å². The minimum absolute atomic E-state index is 1.00. The zero-order chi connectivity index (χ0) is 8.53. The number of rotatable bonds is 7. The van der Waals surface area contributed by atoms with Gasteiger partial charge in [-0.1, -0.05) is 19.9 Å². The molecule has 0 aliphatic carbocycles. The number of hydrogen-bond acceptors (Lipinski definition) is 2. The first kappa shape index (κ1) is 10.5. The van der Waals surface area contributed by atoms with Crippen LogP contribution in [0, 0.1) is 0 Å². The first-order valence-electron chi connectivity index (χ1n) is 4.34. The van der Waals surface area contributed by atoms with Crippen LogP contribution in [0.15, 0.2) is 12.8 Å². The van der Waals surface area contributed by atoms with Crippen molar-refractivity contribution in [1.29, 1.82) is 0 Å². The molecule has 0 spiro atoms. The third-order valence-corrected chi connectivity index (χ3v) is 1.68. The summed E-state index contributed by atoms with van der Waals surface area (Å²) in [5.74, 6) is 0. The van der Waals surface area contributed by atoms with E-state index in [1.807, 2.05) is 0 Å². The molecule has 0 heterocycles. The number of unbranched alkanes of at least 4 members (excludes halogenated alkanes) is 1. The van der Waals surface area contributed by atoms with E-state index in [1.54, 1.807) is 6.20 Å². The van der Waals surface area contributed by atoms with E-state index in [9.17, 15) is 0 Å². The Morgan fingerprint density at radius 1 is 1.45 bits per heavy atom. The van der Waals surface area contributed by atoms with Crippen LogP contribution < -0.4 is 5.32 Å². The summed E-state index contributed by atoms with van der Waals surface area (Å²) >= 11 is 0. The molecule has 0 fully saturated rings. The van der Waals surface area contributed by atoms with Gasteiger partial charge in [0, 0.05) is 13.1 Å². The van der Waals surface area contributed by atoms with E-state index in [4.69, 9.17) is 0 Å². The van der Waals surface area contributed by atoms with Crippen LogP contribution in [-0.2, 0) is 0 Å². The quantitative estimate of drug-likeness (QED) is 0.561. The van der Waals surface area contributed by atoms with Gasteiger partial charge in [-0.2, -0.15) is 0 Å². The van der Waals surface area contributed by atoms with Crippen LogP contribution in [0.5, 0.6) is 0 Å². The first-order chi connectivity index (χ1) is 5.31.